The number of hydrogen-bond donors (Lipinski definition) is 0. The molecular weight excluding hydrogens is 339 g/mol. The lowest BCUT2D eigenvalue weighted by molar-refractivity contribution is 0.0683. The van der Waals surface area contributed by atoms with Crippen molar-refractivity contribution in [1.29, 1.82) is 0 Å². The van der Waals surface area contributed by atoms with Crippen LogP contribution >= 0.6 is 36.6 Å². The Labute approximate surface area is 149 Å². The Bertz CT molecular complexity index is 493. The zero-order chi connectivity index (χ0) is 13.9. The molecule has 2 heterocycles. The van der Waals surface area contributed by atoms with Crippen molar-refractivity contribution < 1.29 is 4.79 Å². The first-order chi connectivity index (χ1) is 9.75. The van der Waals surface area contributed by atoms with Gasteiger partial charge in [-0.05, 0) is 31.7 Å². The Morgan fingerprint density at radius 2 is 1.77 bits per heavy atom. The predicted molar refractivity (Wildman–Crippen MR) is 98.1 cm³/mol. The van der Waals surface area contributed by atoms with Crippen molar-refractivity contribution in [2.45, 2.75) is 23.8 Å². The van der Waals surface area contributed by atoms with Crippen LogP contribution in [0.4, 0.5) is 0 Å². The number of Topliss-reactive ketones (excluding diaryl/α,β-unsaturated/α-hetero) is 1. The number of rotatable bonds is 1. The second-order valence-corrected chi connectivity index (χ2v) is 6.84. The lowest BCUT2D eigenvalue weighted by Crippen LogP contribution is -2.51. The fourth-order valence-corrected chi connectivity index (χ4v) is 4.08. The van der Waals surface area contributed by atoms with E-state index >= 15 is 0 Å². The maximum absolute atomic E-state index is 12.9. The number of hydrogen-bond acceptors (Lipinski definition) is 4. The van der Waals surface area contributed by atoms with Crippen molar-refractivity contribution in [2.75, 3.05) is 39.0 Å². The highest BCUT2D eigenvalue weighted by atomic mass is 35.5. The van der Waals surface area contributed by atoms with Crippen molar-refractivity contribution in [3.05, 3.63) is 29.8 Å². The monoisotopic (exact) mass is 362 g/mol. The fourth-order valence-electron chi connectivity index (χ4n) is 3.05. The van der Waals surface area contributed by atoms with E-state index in [1.807, 2.05) is 30.0 Å². The van der Waals surface area contributed by atoms with Gasteiger partial charge in [0.15, 0.2) is 5.78 Å². The molecule has 0 radical (unpaired) electrons. The molecule has 1 fully saturated rings. The van der Waals surface area contributed by atoms with E-state index in [0.29, 0.717) is 5.78 Å². The van der Waals surface area contributed by atoms with Crippen molar-refractivity contribution >= 4 is 42.4 Å². The van der Waals surface area contributed by atoms with E-state index in [1.165, 1.54) is 0 Å². The van der Waals surface area contributed by atoms with Crippen molar-refractivity contribution in [1.82, 2.24) is 9.80 Å². The summed E-state index contributed by atoms with van der Waals surface area (Å²) >= 11 is 1.83. The standard InChI is InChI=1S/C16H22N2OS.2ClH/c1-17-8-10-18(11-9-17)14-6-4-12-20-15-7-3-2-5-13(15)16(14)19;;/h2-3,5,7,14H,4,6,8-12H2,1H3;2*1H. The molecule has 1 aromatic carbocycles. The van der Waals surface area contributed by atoms with Gasteiger partial charge in [0.25, 0.3) is 0 Å². The lowest BCUT2D eigenvalue weighted by atomic mass is 9.98. The van der Waals surface area contributed by atoms with Crippen LogP contribution in [0.25, 0.3) is 0 Å². The average molecular weight is 363 g/mol. The van der Waals surface area contributed by atoms with Crippen LogP contribution in [0.2, 0.25) is 0 Å². The summed E-state index contributed by atoms with van der Waals surface area (Å²) in [6.45, 7) is 4.17. The first-order valence-corrected chi connectivity index (χ1v) is 8.43. The third-order valence-corrected chi connectivity index (χ3v) is 5.47. The molecule has 3 rings (SSSR count). The second kappa shape index (κ2) is 9.14. The number of ketones is 1. The summed E-state index contributed by atoms with van der Waals surface area (Å²) in [4.78, 5) is 18.8. The smallest absolute Gasteiger partial charge is 0.181 e. The number of nitrogens with zero attached hydrogens (tertiary/aromatic N) is 2. The third kappa shape index (κ3) is 4.39. The minimum absolute atomic E-state index is 0. The summed E-state index contributed by atoms with van der Waals surface area (Å²) in [6.07, 6.45) is 2.13. The summed E-state index contributed by atoms with van der Waals surface area (Å²) in [5.41, 5.74) is 0.932. The van der Waals surface area contributed by atoms with E-state index in [4.69, 9.17) is 0 Å². The number of thioether (sulfide) groups is 1. The molecule has 1 unspecified atom stereocenters. The van der Waals surface area contributed by atoms with Gasteiger partial charge in [0, 0.05) is 36.6 Å². The van der Waals surface area contributed by atoms with E-state index in [0.717, 1.165) is 55.2 Å². The van der Waals surface area contributed by atoms with Crippen molar-refractivity contribution in [2.24, 2.45) is 0 Å². The molecule has 0 N–H and O–H groups in total. The molecule has 1 saturated heterocycles. The third-order valence-electron chi connectivity index (χ3n) is 4.31. The summed E-state index contributed by atoms with van der Waals surface area (Å²) in [7, 11) is 2.16. The van der Waals surface area contributed by atoms with Gasteiger partial charge in [-0.3, -0.25) is 9.69 Å². The zero-order valence-corrected chi connectivity index (χ0v) is 15.3. The predicted octanol–water partition coefficient (Wildman–Crippen LogP) is 3.21. The van der Waals surface area contributed by atoms with Crippen LogP contribution < -0.4 is 0 Å². The first-order valence-electron chi connectivity index (χ1n) is 7.44. The molecule has 0 bridgehead atoms. The highest BCUT2D eigenvalue weighted by molar-refractivity contribution is 7.99. The Kier molecular flexibility index (Phi) is 8.22. The Balaban J connectivity index is 0.00000121. The molecule has 0 aliphatic carbocycles. The maximum atomic E-state index is 12.9. The molecule has 0 spiro atoms. The Hall–Kier alpha value is -0.260. The number of carbonyl (C=O) groups excluding carboxylic acids is 1. The van der Waals surface area contributed by atoms with Crippen LogP contribution in [0, 0.1) is 0 Å². The molecule has 2 aliphatic rings. The molecule has 3 nitrogen and oxygen atoms in total. The summed E-state index contributed by atoms with van der Waals surface area (Å²) in [5.74, 6) is 1.45. The highest BCUT2D eigenvalue weighted by Gasteiger charge is 2.30. The normalized spacial score (nSPS) is 23.5. The number of likely N-dealkylation sites (N-methyl/N-ethyl adjacent to an activating group) is 1. The molecule has 22 heavy (non-hydrogen) atoms. The summed E-state index contributed by atoms with van der Waals surface area (Å²) in [6, 6.07) is 8.19. The number of halogens is 2. The van der Waals surface area contributed by atoms with Gasteiger partial charge in [-0.15, -0.1) is 36.6 Å². The van der Waals surface area contributed by atoms with E-state index in [1.54, 1.807) is 0 Å². The van der Waals surface area contributed by atoms with Crippen LogP contribution in [0.1, 0.15) is 23.2 Å². The Morgan fingerprint density at radius 1 is 1.09 bits per heavy atom. The van der Waals surface area contributed by atoms with E-state index in [2.05, 4.69) is 22.9 Å². The quantitative estimate of drug-likeness (QED) is 0.765. The molecule has 0 amide bonds. The van der Waals surface area contributed by atoms with Crippen LogP contribution in [0.15, 0.2) is 29.2 Å². The van der Waals surface area contributed by atoms with Gasteiger partial charge in [0.2, 0.25) is 0 Å². The molecule has 0 saturated carbocycles. The molecule has 1 aromatic rings. The molecule has 1 atom stereocenters. The average Bonchev–Trinajstić information content (AvgIpc) is 2.47. The van der Waals surface area contributed by atoms with Gasteiger partial charge in [0.1, 0.15) is 0 Å². The fraction of sp³-hybridized carbons (Fsp3) is 0.562. The number of piperazine rings is 1. The lowest BCUT2D eigenvalue weighted by Gasteiger charge is -2.38. The number of carbonyl (C=O) groups is 1. The van der Waals surface area contributed by atoms with Gasteiger partial charge >= 0.3 is 0 Å². The van der Waals surface area contributed by atoms with Crippen molar-refractivity contribution in [3.63, 3.8) is 0 Å². The maximum Gasteiger partial charge on any atom is 0.181 e. The van der Waals surface area contributed by atoms with Gasteiger partial charge < -0.3 is 4.90 Å². The van der Waals surface area contributed by atoms with Gasteiger partial charge in [-0.25, -0.2) is 0 Å². The summed E-state index contributed by atoms with van der Waals surface area (Å²) in [5, 5.41) is 0. The van der Waals surface area contributed by atoms with Crippen molar-refractivity contribution in [3.8, 4) is 0 Å². The first kappa shape index (κ1) is 19.8. The van der Waals surface area contributed by atoms with Crippen LogP contribution in [0.3, 0.4) is 0 Å². The minimum Gasteiger partial charge on any atom is -0.304 e. The molecule has 2 aliphatic heterocycles. The van der Waals surface area contributed by atoms with Crippen LogP contribution in [-0.2, 0) is 0 Å². The molecule has 0 aromatic heterocycles. The Morgan fingerprint density at radius 3 is 2.50 bits per heavy atom. The SMILES string of the molecule is CN1CCN(C2CCCSc3ccccc3C2=O)CC1.Cl.Cl. The number of benzene rings is 1. The minimum atomic E-state index is 0. The number of fused-ring (bicyclic) bond motifs is 1. The summed E-state index contributed by atoms with van der Waals surface area (Å²) < 4.78 is 0. The van der Waals surface area contributed by atoms with Gasteiger partial charge in [-0.1, -0.05) is 18.2 Å². The van der Waals surface area contributed by atoms with Crippen LogP contribution in [-0.4, -0.2) is 60.6 Å². The highest BCUT2D eigenvalue weighted by Crippen LogP contribution is 2.29. The molecular formula is C16H24Cl2N2OS. The van der Waals surface area contributed by atoms with E-state index < -0.39 is 0 Å². The molecule has 6 heteroatoms. The largest absolute Gasteiger partial charge is 0.304 e. The second-order valence-electron chi connectivity index (χ2n) is 5.71. The van der Waals surface area contributed by atoms with Gasteiger partial charge in [-0.2, -0.15) is 0 Å². The van der Waals surface area contributed by atoms with Gasteiger partial charge in [0.05, 0.1) is 6.04 Å². The van der Waals surface area contributed by atoms with Crippen LogP contribution in [0.5, 0.6) is 0 Å². The topological polar surface area (TPSA) is 23.6 Å². The van der Waals surface area contributed by atoms with E-state index in [9.17, 15) is 4.79 Å². The van der Waals surface area contributed by atoms with E-state index in [-0.39, 0.29) is 30.9 Å². The zero-order valence-electron chi connectivity index (χ0n) is 12.9. The molecule has 124 valence electrons.